The number of esters is 1. The standard InChI is InChI=1S/C17H13N3O5S/c21-15(10-25-16(22)8-11-4-2-1-3-5-11)19-17-18-13-7-6-12(20(23)24)9-14(13)26-17/h1-7,9H,8,10H2,(H,18,19,21). The number of nitro groups is 1. The number of nitrogens with zero attached hydrogens (tertiary/aromatic N) is 2. The quantitative estimate of drug-likeness (QED) is 0.405. The molecule has 2 aromatic carbocycles. The molecule has 9 heteroatoms. The first kappa shape index (κ1) is 17.5. The number of aromatic nitrogens is 1. The number of amides is 1. The molecule has 3 rings (SSSR count). The van der Waals surface area contributed by atoms with Crippen LogP contribution in [0.3, 0.4) is 0 Å². The van der Waals surface area contributed by atoms with E-state index in [1.807, 2.05) is 18.2 Å². The van der Waals surface area contributed by atoms with Crippen LogP contribution in [0.4, 0.5) is 10.8 Å². The number of carbonyl (C=O) groups excluding carboxylic acids is 2. The molecule has 0 aliphatic rings. The average Bonchev–Trinajstić information content (AvgIpc) is 3.02. The van der Waals surface area contributed by atoms with E-state index in [9.17, 15) is 19.7 Å². The molecular formula is C17H13N3O5S. The first-order chi connectivity index (χ1) is 12.5. The topological polar surface area (TPSA) is 111 Å². The second-order valence-corrected chi connectivity index (χ2v) is 6.33. The number of nitrogens with one attached hydrogen (secondary N) is 1. The number of hydrogen-bond acceptors (Lipinski definition) is 7. The fourth-order valence-corrected chi connectivity index (χ4v) is 3.11. The van der Waals surface area contributed by atoms with Crippen LogP contribution in [0.25, 0.3) is 10.2 Å². The van der Waals surface area contributed by atoms with Crippen molar-refractivity contribution in [1.29, 1.82) is 0 Å². The van der Waals surface area contributed by atoms with Crippen molar-refractivity contribution in [3.63, 3.8) is 0 Å². The zero-order valence-electron chi connectivity index (χ0n) is 13.4. The van der Waals surface area contributed by atoms with Gasteiger partial charge in [-0.2, -0.15) is 0 Å². The minimum atomic E-state index is -0.528. The SMILES string of the molecule is O=C(COC(=O)Cc1ccccc1)Nc1nc2ccc([N+](=O)[O-])cc2s1. The Bertz CT molecular complexity index is 971. The van der Waals surface area contributed by atoms with Gasteiger partial charge in [-0.05, 0) is 11.6 Å². The lowest BCUT2D eigenvalue weighted by Crippen LogP contribution is -2.21. The van der Waals surface area contributed by atoms with Gasteiger partial charge in [0, 0.05) is 12.1 Å². The highest BCUT2D eigenvalue weighted by atomic mass is 32.1. The van der Waals surface area contributed by atoms with Crippen molar-refractivity contribution in [2.45, 2.75) is 6.42 Å². The van der Waals surface area contributed by atoms with Crippen molar-refractivity contribution < 1.29 is 19.2 Å². The van der Waals surface area contributed by atoms with Crippen molar-refractivity contribution in [3.05, 3.63) is 64.2 Å². The van der Waals surface area contributed by atoms with E-state index >= 15 is 0 Å². The Kier molecular flexibility index (Phi) is 5.18. The molecule has 0 saturated heterocycles. The molecular weight excluding hydrogens is 358 g/mol. The summed E-state index contributed by atoms with van der Waals surface area (Å²) in [6.45, 7) is -0.429. The number of fused-ring (bicyclic) bond motifs is 1. The smallest absolute Gasteiger partial charge is 0.310 e. The van der Waals surface area contributed by atoms with Crippen molar-refractivity contribution in [1.82, 2.24) is 4.98 Å². The molecule has 0 radical (unpaired) electrons. The van der Waals surface area contributed by atoms with Crippen LogP contribution in [-0.2, 0) is 20.7 Å². The van der Waals surface area contributed by atoms with Crippen LogP contribution in [0.15, 0.2) is 48.5 Å². The van der Waals surface area contributed by atoms with Crippen LogP contribution in [0, 0.1) is 10.1 Å². The Labute approximate surface area is 151 Å². The summed E-state index contributed by atoms with van der Waals surface area (Å²) in [5.74, 6) is -1.04. The number of anilines is 1. The summed E-state index contributed by atoms with van der Waals surface area (Å²) < 4.78 is 5.52. The Hall–Kier alpha value is -3.33. The van der Waals surface area contributed by atoms with Crippen LogP contribution in [0.1, 0.15) is 5.56 Å². The third-order valence-electron chi connectivity index (χ3n) is 3.38. The molecule has 26 heavy (non-hydrogen) atoms. The highest BCUT2D eigenvalue weighted by Gasteiger charge is 2.13. The summed E-state index contributed by atoms with van der Waals surface area (Å²) in [4.78, 5) is 38.1. The maximum absolute atomic E-state index is 11.9. The van der Waals surface area contributed by atoms with Gasteiger partial charge in [0.2, 0.25) is 0 Å². The van der Waals surface area contributed by atoms with E-state index in [4.69, 9.17) is 4.74 Å². The minimum absolute atomic E-state index is 0.0473. The Morgan fingerprint density at radius 2 is 1.96 bits per heavy atom. The van der Waals surface area contributed by atoms with E-state index in [-0.39, 0.29) is 17.2 Å². The molecule has 0 spiro atoms. The molecule has 8 nitrogen and oxygen atoms in total. The van der Waals surface area contributed by atoms with E-state index in [1.165, 1.54) is 18.2 Å². The van der Waals surface area contributed by atoms with Crippen molar-refractivity contribution in [2.75, 3.05) is 11.9 Å². The van der Waals surface area contributed by atoms with E-state index in [2.05, 4.69) is 10.3 Å². The molecule has 0 aliphatic heterocycles. The van der Waals surface area contributed by atoms with Crippen LogP contribution < -0.4 is 5.32 Å². The molecule has 0 unspecified atom stereocenters. The zero-order chi connectivity index (χ0) is 18.5. The monoisotopic (exact) mass is 371 g/mol. The maximum atomic E-state index is 11.9. The highest BCUT2D eigenvalue weighted by molar-refractivity contribution is 7.22. The number of hydrogen-bond donors (Lipinski definition) is 1. The van der Waals surface area contributed by atoms with Gasteiger partial charge in [-0.1, -0.05) is 41.7 Å². The molecule has 1 aromatic heterocycles. The lowest BCUT2D eigenvalue weighted by molar-refractivity contribution is -0.384. The third kappa shape index (κ3) is 4.39. The Morgan fingerprint density at radius 3 is 2.69 bits per heavy atom. The van der Waals surface area contributed by atoms with Crippen LogP contribution in [-0.4, -0.2) is 28.4 Å². The van der Waals surface area contributed by atoms with Crippen molar-refractivity contribution in [3.8, 4) is 0 Å². The predicted octanol–water partition coefficient (Wildman–Crippen LogP) is 2.93. The first-order valence-electron chi connectivity index (χ1n) is 7.55. The van der Waals surface area contributed by atoms with E-state index in [1.54, 1.807) is 12.1 Å². The predicted molar refractivity (Wildman–Crippen MR) is 96.0 cm³/mol. The Balaban J connectivity index is 1.55. The van der Waals surface area contributed by atoms with Gasteiger partial charge in [-0.25, -0.2) is 4.98 Å². The molecule has 1 amide bonds. The number of nitro benzene ring substituents is 1. The highest BCUT2D eigenvalue weighted by Crippen LogP contribution is 2.29. The molecule has 0 fully saturated rings. The number of benzene rings is 2. The van der Waals surface area contributed by atoms with Crippen LogP contribution in [0.5, 0.6) is 0 Å². The number of non-ortho nitro benzene ring substituents is 1. The van der Waals surface area contributed by atoms with E-state index in [0.717, 1.165) is 16.9 Å². The third-order valence-corrected chi connectivity index (χ3v) is 4.32. The first-order valence-corrected chi connectivity index (χ1v) is 8.37. The molecule has 0 atom stereocenters. The second kappa shape index (κ2) is 7.70. The fraction of sp³-hybridized carbons (Fsp3) is 0.118. The van der Waals surface area contributed by atoms with Gasteiger partial charge in [0.15, 0.2) is 11.7 Å². The summed E-state index contributed by atoms with van der Waals surface area (Å²) in [6.07, 6.45) is 0.0823. The second-order valence-electron chi connectivity index (χ2n) is 5.30. The van der Waals surface area contributed by atoms with E-state index in [0.29, 0.717) is 10.2 Å². The van der Waals surface area contributed by atoms with Gasteiger partial charge >= 0.3 is 5.97 Å². The van der Waals surface area contributed by atoms with Crippen LogP contribution >= 0.6 is 11.3 Å². The summed E-state index contributed by atoms with van der Waals surface area (Å²) >= 11 is 1.11. The molecule has 0 saturated carbocycles. The van der Waals surface area contributed by atoms with Gasteiger partial charge in [0.05, 0.1) is 21.6 Å². The lowest BCUT2D eigenvalue weighted by Gasteiger charge is -2.04. The molecule has 0 bridgehead atoms. The average molecular weight is 371 g/mol. The van der Waals surface area contributed by atoms with Crippen molar-refractivity contribution >= 4 is 44.2 Å². The minimum Gasteiger partial charge on any atom is -0.455 e. The number of rotatable bonds is 6. The summed E-state index contributed by atoms with van der Waals surface area (Å²) in [5.41, 5.74) is 1.29. The van der Waals surface area contributed by atoms with Gasteiger partial charge in [0.1, 0.15) is 0 Å². The van der Waals surface area contributed by atoms with Crippen LogP contribution in [0.2, 0.25) is 0 Å². The maximum Gasteiger partial charge on any atom is 0.310 e. The Morgan fingerprint density at radius 1 is 1.19 bits per heavy atom. The summed E-state index contributed by atoms with van der Waals surface area (Å²) in [7, 11) is 0. The lowest BCUT2D eigenvalue weighted by atomic mass is 10.2. The normalized spacial score (nSPS) is 10.5. The number of carbonyl (C=O) groups is 2. The summed E-state index contributed by atoms with van der Waals surface area (Å²) in [5, 5.41) is 13.6. The fourth-order valence-electron chi connectivity index (χ4n) is 2.20. The largest absolute Gasteiger partial charge is 0.455 e. The zero-order valence-corrected chi connectivity index (χ0v) is 14.2. The molecule has 1 heterocycles. The van der Waals surface area contributed by atoms with Gasteiger partial charge in [0.25, 0.3) is 11.6 Å². The summed E-state index contributed by atoms with van der Waals surface area (Å²) in [6, 6.07) is 13.3. The van der Waals surface area contributed by atoms with Gasteiger partial charge < -0.3 is 4.74 Å². The number of ether oxygens (including phenoxy) is 1. The molecule has 1 N–H and O–H groups in total. The van der Waals surface area contributed by atoms with Crippen molar-refractivity contribution in [2.24, 2.45) is 0 Å². The molecule has 132 valence electrons. The van der Waals surface area contributed by atoms with Gasteiger partial charge in [-0.3, -0.25) is 25.0 Å². The number of thiazole rings is 1. The van der Waals surface area contributed by atoms with Gasteiger partial charge in [-0.15, -0.1) is 0 Å². The van der Waals surface area contributed by atoms with E-state index < -0.39 is 23.4 Å². The molecule has 0 aliphatic carbocycles. The molecule has 3 aromatic rings.